The number of hydrogen-bond donors (Lipinski definition) is 1. The van der Waals surface area contributed by atoms with Gasteiger partial charge in [0, 0.05) is 31.1 Å². The maximum absolute atomic E-state index is 5.89. The third kappa shape index (κ3) is 4.38. The van der Waals surface area contributed by atoms with Gasteiger partial charge in [0.1, 0.15) is 5.75 Å². The summed E-state index contributed by atoms with van der Waals surface area (Å²) < 4.78 is 5.68. The molecule has 1 rings (SSSR count). The van der Waals surface area contributed by atoms with Crippen molar-refractivity contribution in [1.82, 2.24) is 0 Å². The first-order chi connectivity index (χ1) is 8.04. The molecule has 0 aliphatic carbocycles. The lowest BCUT2D eigenvalue weighted by atomic mass is 10.2. The van der Waals surface area contributed by atoms with Crippen molar-refractivity contribution >= 4 is 23.1 Å². The summed E-state index contributed by atoms with van der Waals surface area (Å²) in [5, 5.41) is 0. The highest BCUT2D eigenvalue weighted by atomic mass is 32.2. The molecule has 0 fully saturated rings. The van der Waals surface area contributed by atoms with Gasteiger partial charge in [-0.3, -0.25) is 0 Å². The molecule has 0 aromatic heterocycles. The van der Waals surface area contributed by atoms with E-state index in [-0.39, 0.29) is 6.10 Å². The van der Waals surface area contributed by atoms with Gasteiger partial charge in [-0.25, -0.2) is 0 Å². The Morgan fingerprint density at radius 2 is 2.12 bits per heavy atom. The predicted octanol–water partition coefficient (Wildman–Crippen LogP) is 2.86. The second-order valence-corrected chi connectivity index (χ2v) is 5.29. The van der Waals surface area contributed by atoms with Crippen molar-refractivity contribution in [2.75, 3.05) is 36.2 Å². The van der Waals surface area contributed by atoms with Crippen LogP contribution in [0.5, 0.6) is 5.75 Å². The number of rotatable bonds is 6. The first-order valence-electron chi connectivity index (χ1n) is 5.81. The number of benzene rings is 1. The summed E-state index contributed by atoms with van der Waals surface area (Å²) in [4.78, 5) is 2.21. The monoisotopic (exact) mass is 254 g/mol. The molecular weight excluding hydrogens is 232 g/mol. The zero-order valence-corrected chi connectivity index (χ0v) is 11.9. The first kappa shape index (κ1) is 14.0. The van der Waals surface area contributed by atoms with Crippen LogP contribution in [0.3, 0.4) is 0 Å². The van der Waals surface area contributed by atoms with Gasteiger partial charge in [0.05, 0.1) is 11.8 Å². The molecule has 17 heavy (non-hydrogen) atoms. The Hall–Kier alpha value is -1.03. The molecule has 0 atom stereocenters. The van der Waals surface area contributed by atoms with Gasteiger partial charge in [0.25, 0.3) is 0 Å². The molecule has 0 aliphatic rings. The lowest BCUT2D eigenvalue weighted by Gasteiger charge is -2.21. The molecule has 2 N–H and O–H groups in total. The minimum atomic E-state index is 0.143. The maximum atomic E-state index is 5.89. The van der Waals surface area contributed by atoms with Crippen LogP contribution < -0.4 is 15.4 Å². The van der Waals surface area contributed by atoms with Crippen LogP contribution in [0, 0.1) is 0 Å². The topological polar surface area (TPSA) is 38.5 Å². The van der Waals surface area contributed by atoms with E-state index in [2.05, 4.69) is 18.2 Å². The van der Waals surface area contributed by atoms with E-state index in [0.717, 1.165) is 23.7 Å². The fourth-order valence-electron chi connectivity index (χ4n) is 1.47. The lowest BCUT2D eigenvalue weighted by Crippen LogP contribution is -2.20. The Morgan fingerprint density at radius 3 is 2.71 bits per heavy atom. The summed E-state index contributed by atoms with van der Waals surface area (Å²) >= 11 is 1.85. The number of ether oxygens (including phenoxy) is 1. The third-order valence-corrected chi connectivity index (χ3v) is 3.02. The highest BCUT2D eigenvalue weighted by molar-refractivity contribution is 7.98. The van der Waals surface area contributed by atoms with Crippen molar-refractivity contribution in [3.8, 4) is 5.75 Å². The largest absolute Gasteiger partial charge is 0.489 e. The molecule has 1 aromatic carbocycles. The minimum absolute atomic E-state index is 0.143. The van der Waals surface area contributed by atoms with Gasteiger partial charge in [-0.1, -0.05) is 0 Å². The van der Waals surface area contributed by atoms with Crippen LogP contribution in [0.2, 0.25) is 0 Å². The van der Waals surface area contributed by atoms with Crippen molar-refractivity contribution in [3.63, 3.8) is 0 Å². The average Bonchev–Trinajstić information content (AvgIpc) is 2.28. The second kappa shape index (κ2) is 6.64. The Kier molecular flexibility index (Phi) is 5.48. The maximum Gasteiger partial charge on any atom is 0.144 e. The average molecular weight is 254 g/mol. The summed E-state index contributed by atoms with van der Waals surface area (Å²) in [5.41, 5.74) is 7.73. The molecule has 0 unspecified atom stereocenters. The van der Waals surface area contributed by atoms with Crippen molar-refractivity contribution < 1.29 is 4.74 Å². The van der Waals surface area contributed by atoms with Crippen molar-refractivity contribution in [1.29, 1.82) is 0 Å². The number of thioether (sulfide) groups is 1. The van der Waals surface area contributed by atoms with Gasteiger partial charge in [-0.15, -0.1) is 0 Å². The van der Waals surface area contributed by atoms with Gasteiger partial charge < -0.3 is 15.4 Å². The van der Waals surface area contributed by atoms with E-state index in [1.165, 1.54) is 0 Å². The van der Waals surface area contributed by atoms with Gasteiger partial charge >= 0.3 is 0 Å². The SMILES string of the molecule is CSCCN(C)c1ccc(N)c(OC(C)C)c1. The molecule has 0 heterocycles. The number of anilines is 2. The lowest BCUT2D eigenvalue weighted by molar-refractivity contribution is 0.244. The molecule has 0 radical (unpaired) electrons. The van der Waals surface area contributed by atoms with Gasteiger partial charge in [-0.2, -0.15) is 11.8 Å². The molecule has 3 nitrogen and oxygen atoms in total. The van der Waals surface area contributed by atoms with E-state index in [0.29, 0.717) is 5.69 Å². The van der Waals surface area contributed by atoms with Crippen LogP contribution >= 0.6 is 11.8 Å². The standard InChI is InChI=1S/C13H22N2OS/c1-10(2)16-13-9-11(5-6-12(13)14)15(3)7-8-17-4/h5-6,9-10H,7-8,14H2,1-4H3. The summed E-state index contributed by atoms with van der Waals surface area (Å²) in [6.07, 6.45) is 2.26. The third-order valence-electron chi connectivity index (χ3n) is 2.43. The van der Waals surface area contributed by atoms with Crippen LogP contribution in [-0.4, -0.2) is 31.7 Å². The number of nitrogens with two attached hydrogens (primary N) is 1. The van der Waals surface area contributed by atoms with E-state index in [1.807, 2.05) is 43.8 Å². The van der Waals surface area contributed by atoms with Gasteiger partial charge in [-0.05, 0) is 32.2 Å². The Balaban J connectivity index is 2.80. The fraction of sp³-hybridized carbons (Fsp3) is 0.538. The van der Waals surface area contributed by atoms with Gasteiger partial charge in [0.15, 0.2) is 0 Å². The molecule has 0 bridgehead atoms. The zero-order valence-electron chi connectivity index (χ0n) is 11.1. The van der Waals surface area contributed by atoms with Crippen LogP contribution in [0.1, 0.15) is 13.8 Å². The van der Waals surface area contributed by atoms with E-state index in [9.17, 15) is 0 Å². The number of nitrogens with zero attached hydrogens (tertiary/aromatic N) is 1. The second-order valence-electron chi connectivity index (χ2n) is 4.30. The highest BCUT2D eigenvalue weighted by Gasteiger charge is 2.07. The normalized spacial score (nSPS) is 10.6. The number of hydrogen-bond acceptors (Lipinski definition) is 4. The smallest absolute Gasteiger partial charge is 0.144 e. The molecule has 4 heteroatoms. The molecule has 0 saturated carbocycles. The van der Waals surface area contributed by atoms with Gasteiger partial charge in [0.2, 0.25) is 0 Å². The molecule has 0 amide bonds. The summed E-state index contributed by atoms with van der Waals surface area (Å²) in [6.45, 7) is 5.03. The van der Waals surface area contributed by atoms with Crippen LogP contribution in [0.4, 0.5) is 11.4 Å². The highest BCUT2D eigenvalue weighted by Crippen LogP contribution is 2.28. The van der Waals surface area contributed by atoms with E-state index >= 15 is 0 Å². The van der Waals surface area contributed by atoms with Crippen LogP contribution in [0.25, 0.3) is 0 Å². The minimum Gasteiger partial charge on any atom is -0.489 e. The van der Waals surface area contributed by atoms with Crippen LogP contribution in [0.15, 0.2) is 18.2 Å². The summed E-state index contributed by atoms with van der Waals surface area (Å²) in [5.74, 6) is 1.88. The number of nitrogen functional groups attached to an aromatic ring is 1. The molecule has 96 valence electrons. The van der Waals surface area contributed by atoms with E-state index < -0.39 is 0 Å². The van der Waals surface area contributed by atoms with Crippen molar-refractivity contribution in [3.05, 3.63) is 18.2 Å². The molecule has 0 aliphatic heterocycles. The predicted molar refractivity (Wildman–Crippen MR) is 78.3 cm³/mol. The molecule has 0 spiro atoms. The Bertz CT molecular complexity index is 355. The van der Waals surface area contributed by atoms with E-state index in [1.54, 1.807) is 0 Å². The first-order valence-corrected chi connectivity index (χ1v) is 7.20. The molecule has 1 aromatic rings. The fourth-order valence-corrected chi connectivity index (χ4v) is 1.93. The summed E-state index contributed by atoms with van der Waals surface area (Å²) in [7, 11) is 2.08. The van der Waals surface area contributed by atoms with Crippen molar-refractivity contribution in [2.45, 2.75) is 20.0 Å². The summed E-state index contributed by atoms with van der Waals surface area (Å²) in [6, 6.07) is 5.95. The van der Waals surface area contributed by atoms with Crippen molar-refractivity contribution in [2.24, 2.45) is 0 Å². The Labute approximate surface area is 108 Å². The molecular formula is C13H22N2OS. The quantitative estimate of drug-likeness (QED) is 0.792. The zero-order chi connectivity index (χ0) is 12.8. The molecule has 0 saturated heterocycles. The van der Waals surface area contributed by atoms with Crippen LogP contribution in [-0.2, 0) is 0 Å². The van der Waals surface area contributed by atoms with E-state index in [4.69, 9.17) is 10.5 Å². The Morgan fingerprint density at radius 1 is 1.41 bits per heavy atom.